The Morgan fingerprint density at radius 3 is 2.41 bits per heavy atom. The molecule has 1 heterocycles. The average Bonchev–Trinajstić information content (AvgIpc) is 3.13. The fourth-order valence-electron chi connectivity index (χ4n) is 3.89. The van der Waals surface area contributed by atoms with Crippen molar-refractivity contribution in [2.75, 3.05) is 14.2 Å². The summed E-state index contributed by atoms with van der Waals surface area (Å²) in [5, 5.41) is 0.670. The van der Waals surface area contributed by atoms with Crippen molar-refractivity contribution in [2.45, 2.75) is 33.4 Å². The van der Waals surface area contributed by atoms with E-state index in [4.69, 9.17) is 30.8 Å². The lowest BCUT2D eigenvalue weighted by atomic mass is 10.1. The molecular weight excluding hydrogens is 424 g/mol. The quantitative estimate of drug-likeness (QED) is 0.323. The number of benzene rings is 3. The Kier molecular flexibility index (Phi) is 6.56. The number of imidazole rings is 1. The number of hydrogen-bond acceptors (Lipinski definition) is 4. The summed E-state index contributed by atoms with van der Waals surface area (Å²) in [6.45, 7) is 5.26. The molecule has 4 aromatic rings. The van der Waals surface area contributed by atoms with Crippen LogP contribution in [0.4, 0.5) is 0 Å². The number of fused-ring (bicyclic) bond motifs is 1. The maximum Gasteiger partial charge on any atom is 0.160 e. The number of aromatic nitrogens is 2. The van der Waals surface area contributed by atoms with E-state index in [0.717, 1.165) is 58.2 Å². The Morgan fingerprint density at radius 1 is 0.875 bits per heavy atom. The number of ether oxygens (including phenoxy) is 3. The zero-order valence-electron chi connectivity index (χ0n) is 18.8. The summed E-state index contributed by atoms with van der Waals surface area (Å²) in [4.78, 5) is 4.82. The molecule has 0 fully saturated rings. The van der Waals surface area contributed by atoms with Gasteiger partial charge in [0.05, 0.1) is 25.3 Å². The Bertz CT molecular complexity index is 1250. The first-order valence-electron chi connectivity index (χ1n) is 10.5. The first kappa shape index (κ1) is 22.0. The minimum Gasteiger partial charge on any atom is -0.493 e. The van der Waals surface area contributed by atoms with Gasteiger partial charge in [-0.1, -0.05) is 35.4 Å². The van der Waals surface area contributed by atoms with Crippen LogP contribution in [0, 0.1) is 13.8 Å². The van der Waals surface area contributed by atoms with Crippen molar-refractivity contribution in [1.82, 2.24) is 9.55 Å². The first-order chi connectivity index (χ1) is 15.5. The van der Waals surface area contributed by atoms with Crippen molar-refractivity contribution in [3.8, 4) is 17.2 Å². The minimum atomic E-state index is 0.377. The Balaban J connectivity index is 1.60. The molecule has 0 aliphatic rings. The molecule has 0 N–H and O–H groups in total. The summed E-state index contributed by atoms with van der Waals surface area (Å²) < 4.78 is 19.1. The predicted molar refractivity (Wildman–Crippen MR) is 128 cm³/mol. The Labute approximate surface area is 193 Å². The van der Waals surface area contributed by atoms with Gasteiger partial charge in [0, 0.05) is 11.6 Å². The summed E-state index contributed by atoms with van der Waals surface area (Å²) in [7, 11) is 3.29. The molecule has 0 radical (unpaired) electrons. The molecule has 32 heavy (non-hydrogen) atoms. The highest BCUT2D eigenvalue weighted by atomic mass is 35.5. The smallest absolute Gasteiger partial charge is 0.160 e. The summed E-state index contributed by atoms with van der Waals surface area (Å²) in [6, 6.07) is 18.0. The molecule has 4 rings (SSSR count). The van der Waals surface area contributed by atoms with Gasteiger partial charge in [0.2, 0.25) is 0 Å². The second kappa shape index (κ2) is 9.53. The van der Waals surface area contributed by atoms with E-state index >= 15 is 0 Å². The van der Waals surface area contributed by atoms with Gasteiger partial charge in [0.15, 0.2) is 11.5 Å². The van der Waals surface area contributed by atoms with Gasteiger partial charge in [-0.15, -0.1) is 0 Å². The van der Waals surface area contributed by atoms with Crippen LogP contribution in [0.25, 0.3) is 11.0 Å². The van der Waals surface area contributed by atoms with Gasteiger partial charge in [0.1, 0.15) is 18.2 Å². The van der Waals surface area contributed by atoms with Gasteiger partial charge in [-0.25, -0.2) is 4.98 Å². The van der Waals surface area contributed by atoms with Gasteiger partial charge < -0.3 is 18.8 Å². The molecule has 0 saturated carbocycles. The van der Waals surface area contributed by atoms with E-state index < -0.39 is 0 Å². The molecule has 6 heteroatoms. The number of hydrogen-bond donors (Lipinski definition) is 0. The monoisotopic (exact) mass is 450 g/mol. The van der Waals surface area contributed by atoms with Crippen LogP contribution in [0.2, 0.25) is 5.02 Å². The highest BCUT2D eigenvalue weighted by Gasteiger charge is 2.13. The molecule has 0 unspecified atom stereocenters. The van der Waals surface area contributed by atoms with Gasteiger partial charge in [0.25, 0.3) is 0 Å². The van der Waals surface area contributed by atoms with E-state index in [0.29, 0.717) is 11.6 Å². The van der Waals surface area contributed by atoms with E-state index in [1.54, 1.807) is 14.2 Å². The number of nitrogens with zero attached hydrogens (tertiary/aromatic N) is 2. The van der Waals surface area contributed by atoms with Crippen molar-refractivity contribution in [2.24, 2.45) is 0 Å². The van der Waals surface area contributed by atoms with E-state index in [-0.39, 0.29) is 0 Å². The molecular formula is C26H27ClN2O3. The molecule has 0 aliphatic carbocycles. The molecule has 1 aromatic heterocycles. The van der Waals surface area contributed by atoms with Crippen LogP contribution in [0.5, 0.6) is 17.2 Å². The van der Waals surface area contributed by atoms with Crippen LogP contribution in [0.3, 0.4) is 0 Å². The summed E-state index contributed by atoms with van der Waals surface area (Å²) in [5.41, 5.74) is 5.38. The van der Waals surface area contributed by atoms with Crippen LogP contribution in [0.15, 0.2) is 54.6 Å². The fourth-order valence-corrected chi connectivity index (χ4v) is 4.06. The highest BCUT2D eigenvalue weighted by molar-refractivity contribution is 6.31. The van der Waals surface area contributed by atoms with Crippen LogP contribution in [0.1, 0.15) is 22.5 Å². The van der Waals surface area contributed by atoms with Gasteiger partial charge >= 0.3 is 0 Å². The average molecular weight is 451 g/mol. The SMILES string of the molecule is COc1ccc(CCn2c(COc3ccc(C)cc3C)nc3cc(Cl)ccc32)cc1OC. The Morgan fingerprint density at radius 2 is 1.66 bits per heavy atom. The maximum absolute atomic E-state index is 6.22. The number of rotatable bonds is 8. The van der Waals surface area contributed by atoms with Gasteiger partial charge in [-0.2, -0.15) is 0 Å². The molecule has 0 saturated heterocycles. The third-order valence-corrected chi connectivity index (χ3v) is 5.78. The third-order valence-electron chi connectivity index (χ3n) is 5.55. The summed E-state index contributed by atoms with van der Waals surface area (Å²) >= 11 is 6.22. The Hall–Kier alpha value is -3.18. The van der Waals surface area contributed by atoms with Crippen molar-refractivity contribution < 1.29 is 14.2 Å². The normalized spacial score (nSPS) is 11.0. The van der Waals surface area contributed by atoms with Crippen molar-refractivity contribution in [1.29, 1.82) is 0 Å². The minimum absolute atomic E-state index is 0.377. The second-order valence-corrected chi connectivity index (χ2v) is 8.25. The van der Waals surface area contributed by atoms with Crippen molar-refractivity contribution in [3.63, 3.8) is 0 Å². The molecule has 0 aliphatic heterocycles. The first-order valence-corrected chi connectivity index (χ1v) is 10.9. The molecule has 5 nitrogen and oxygen atoms in total. The van der Waals surface area contributed by atoms with Crippen molar-refractivity contribution in [3.05, 3.63) is 82.1 Å². The summed E-state index contributed by atoms with van der Waals surface area (Å²) in [6.07, 6.45) is 0.811. The van der Waals surface area contributed by atoms with Gasteiger partial charge in [-0.05, 0) is 67.8 Å². The second-order valence-electron chi connectivity index (χ2n) is 7.81. The van der Waals surface area contributed by atoms with Crippen molar-refractivity contribution >= 4 is 22.6 Å². The molecule has 0 spiro atoms. The number of methoxy groups -OCH3 is 2. The fraction of sp³-hybridized carbons (Fsp3) is 0.269. The molecule has 0 atom stereocenters. The van der Waals surface area contributed by atoms with Crippen LogP contribution in [-0.4, -0.2) is 23.8 Å². The number of halogens is 1. The lowest BCUT2D eigenvalue weighted by Crippen LogP contribution is -2.09. The zero-order valence-corrected chi connectivity index (χ0v) is 19.6. The molecule has 0 bridgehead atoms. The third kappa shape index (κ3) is 4.68. The lowest BCUT2D eigenvalue weighted by molar-refractivity contribution is 0.288. The molecule has 0 amide bonds. The number of aryl methyl sites for hydroxylation is 4. The molecule has 3 aromatic carbocycles. The largest absolute Gasteiger partial charge is 0.493 e. The lowest BCUT2D eigenvalue weighted by Gasteiger charge is -2.13. The van der Waals surface area contributed by atoms with E-state index in [2.05, 4.69) is 36.6 Å². The van der Waals surface area contributed by atoms with Gasteiger partial charge in [-0.3, -0.25) is 0 Å². The van der Waals surface area contributed by atoms with E-state index in [9.17, 15) is 0 Å². The highest BCUT2D eigenvalue weighted by Crippen LogP contribution is 2.29. The van der Waals surface area contributed by atoms with E-state index in [1.807, 2.05) is 36.4 Å². The predicted octanol–water partition coefficient (Wildman–Crippen LogP) is 6.15. The summed E-state index contributed by atoms with van der Waals surface area (Å²) in [5.74, 6) is 3.18. The van der Waals surface area contributed by atoms with Crippen LogP contribution in [-0.2, 0) is 19.6 Å². The maximum atomic E-state index is 6.22. The topological polar surface area (TPSA) is 45.5 Å². The van der Waals surface area contributed by atoms with Crippen LogP contribution >= 0.6 is 11.6 Å². The standard InChI is InChI=1S/C26H27ClN2O3/c1-17-5-9-23(18(2)13-17)32-16-26-28-21-15-20(27)7-8-22(21)29(26)12-11-19-6-10-24(30-3)25(14-19)31-4/h5-10,13-15H,11-12,16H2,1-4H3. The van der Waals surface area contributed by atoms with Crippen LogP contribution < -0.4 is 14.2 Å². The molecule has 166 valence electrons. The zero-order chi connectivity index (χ0) is 22.7. The van der Waals surface area contributed by atoms with E-state index in [1.165, 1.54) is 5.56 Å².